The molecule has 1 aromatic heterocycles. The number of methoxy groups -OCH3 is 1. The van der Waals surface area contributed by atoms with Crippen LogP contribution in [-0.4, -0.2) is 58.6 Å². The second-order valence-corrected chi connectivity index (χ2v) is 4.60. The number of nitrogens with zero attached hydrogens (tertiary/aromatic N) is 3. The van der Waals surface area contributed by atoms with E-state index in [0.29, 0.717) is 32.7 Å². The maximum Gasteiger partial charge on any atom is 0.356 e. The largest absolute Gasteiger partial charge is 0.476 e. The van der Waals surface area contributed by atoms with E-state index < -0.39 is 5.97 Å². The minimum atomic E-state index is -1.03. The SMILES string of the molecule is COCCNC(=O)N1CCc2c(C(=O)O)nn(C)c2C1. The third-order valence-electron chi connectivity index (χ3n) is 3.32. The molecule has 0 saturated heterocycles. The molecule has 8 heteroatoms. The average molecular weight is 282 g/mol. The highest BCUT2D eigenvalue weighted by molar-refractivity contribution is 5.87. The first kappa shape index (κ1) is 14.3. The van der Waals surface area contributed by atoms with Crippen LogP contribution in [0.25, 0.3) is 0 Å². The zero-order chi connectivity index (χ0) is 14.7. The normalized spacial score (nSPS) is 14.0. The number of rotatable bonds is 4. The summed E-state index contributed by atoms with van der Waals surface area (Å²) >= 11 is 0. The standard InChI is InChI=1S/C12H18N4O4/c1-15-9-7-16(12(19)13-4-6-20-2)5-3-8(9)10(14-15)11(17)18/h3-7H2,1-2H3,(H,13,19)(H,17,18). The third-order valence-corrected chi connectivity index (χ3v) is 3.32. The van der Waals surface area contributed by atoms with Gasteiger partial charge in [0.05, 0.1) is 18.8 Å². The summed E-state index contributed by atoms with van der Waals surface area (Å²) in [5.74, 6) is -1.03. The van der Waals surface area contributed by atoms with Crippen molar-refractivity contribution in [3.8, 4) is 0 Å². The number of carboxylic acids is 1. The van der Waals surface area contributed by atoms with Gasteiger partial charge in [-0.1, -0.05) is 0 Å². The molecule has 20 heavy (non-hydrogen) atoms. The van der Waals surface area contributed by atoms with Crippen molar-refractivity contribution in [1.82, 2.24) is 20.0 Å². The lowest BCUT2D eigenvalue weighted by Gasteiger charge is -2.27. The minimum absolute atomic E-state index is 0.0851. The molecule has 2 heterocycles. The van der Waals surface area contributed by atoms with Gasteiger partial charge in [-0.05, 0) is 6.42 Å². The zero-order valence-corrected chi connectivity index (χ0v) is 11.5. The van der Waals surface area contributed by atoms with E-state index in [2.05, 4.69) is 10.4 Å². The van der Waals surface area contributed by atoms with Crippen molar-refractivity contribution in [2.75, 3.05) is 26.8 Å². The summed E-state index contributed by atoms with van der Waals surface area (Å²) in [4.78, 5) is 24.7. The molecule has 0 bridgehead atoms. The Labute approximate surface area is 116 Å². The fraction of sp³-hybridized carbons (Fsp3) is 0.583. The van der Waals surface area contributed by atoms with Gasteiger partial charge in [0, 0.05) is 32.8 Å². The first-order chi connectivity index (χ1) is 9.54. The monoisotopic (exact) mass is 282 g/mol. The van der Waals surface area contributed by atoms with Crippen LogP contribution in [0.1, 0.15) is 21.7 Å². The van der Waals surface area contributed by atoms with Gasteiger partial charge in [0.25, 0.3) is 0 Å². The number of urea groups is 1. The Balaban J connectivity index is 2.07. The van der Waals surface area contributed by atoms with Crippen molar-refractivity contribution in [3.63, 3.8) is 0 Å². The Kier molecular flexibility index (Phi) is 4.23. The molecule has 0 aliphatic carbocycles. The van der Waals surface area contributed by atoms with E-state index in [1.807, 2.05) is 0 Å². The second-order valence-electron chi connectivity index (χ2n) is 4.60. The Bertz CT molecular complexity index is 526. The summed E-state index contributed by atoms with van der Waals surface area (Å²) in [6.07, 6.45) is 0.502. The van der Waals surface area contributed by atoms with Gasteiger partial charge >= 0.3 is 12.0 Å². The van der Waals surface area contributed by atoms with Crippen molar-refractivity contribution in [3.05, 3.63) is 17.0 Å². The maximum atomic E-state index is 11.9. The number of carboxylic acid groups (broad SMARTS) is 1. The van der Waals surface area contributed by atoms with E-state index in [1.165, 1.54) is 4.68 Å². The summed E-state index contributed by atoms with van der Waals surface area (Å²) in [5, 5.41) is 15.8. The summed E-state index contributed by atoms with van der Waals surface area (Å²) in [6.45, 7) is 1.76. The predicted octanol–water partition coefficient (Wildman–Crippen LogP) is -0.168. The number of aromatic nitrogens is 2. The number of amides is 2. The van der Waals surface area contributed by atoms with Crippen LogP contribution in [0.3, 0.4) is 0 Å². The van der Waals surface area contributed by atoms with Crippen LogP contribution in [0.2, 0.25) is 0 Å². The van der Waals surface area contributed by atoms with E-state index in [0.717, 1.165) is 11.3 Å². The molecule has 110 valence electrons. The molecule has 1 aliphatic heterocycles. The van der Waals surface area contributed by atoms with Gasteiger partial charge in [0.1, 0.15) is 0 Å². The van der Waals surface area contributed by atoms with Crippen LogP contribution in [0.4, 0.5) is 4.79 Å². The van der Waals surface area contributed by atoms with Gasteiger partial charge in [0.15, 0.2) is 5.69 Å². The van der Waals surface area contributed by atoms with E-state index in [9.17, 15) is 9.59 Å². The van der Waals surface area contributed by atoms with Gasteiger partial charge in [-0.2, -0.15) is 5.10 Å². The van der Waals surface area contributed by atoms with E-state index >= 15 is 0 Å². The van der Waals surface area contributed by atoms with Crippen LogP contribution in [-0.2, 0) is 24.8 Å². The number of ether oxygens (including phenoxy) is 1. The van der Waals surface area contributed by atoms with Gasteiger partial charge in [-0.15, -0.1) is 0 Å². The van der Waals surface area contributed by atoms with Crippen LogP contribution < -0.4 is 5.32 Å². The summed E-state index contributed by atoms with van der Waals surface area (Å²) in [7, 11) is 3.26. The molecule has 0 spiro atoms. The number of aryl methyl sites for hydroxylation is 1. The number of hydrogen-bond donors (Lipinski definition) is 2. The highest BCUT2D eigenvalue weighted by Gasteiger charge is 2.28. The Morgan fingerprint density at radius 3 is 2.90 bits per heavy atom. The maximum absolute atomic E-state index is 11.9. The van der Waals surface area contributed by atoms with Gasteiger partial charge < -0.3 is 20.1 Å². The first-order valence-corrected chi connectivity index (χ1v) is 6.34. The van der Waals surface area contributed by atoms with Gasteiger partial charge in [-0.3, -0.25) is 4.68 Å². The quantitative estimate of drug-likeness (QED) is 0.748. The van der Waals surface area contributed by atoms with Crippen LogP contribution in [0.5, 0.6) is 0 Å². The fourth-order valence-corrected chi connectivity index (χ4v) is 2.29. The van der Waals surface area contributed by atoms with Crippen LogP contribution >= 0.6 is 0 Å². The molecule has 8 nitrogen and oxygen atoms in total. The number of carbonyl (C=O) groups is 2. The number of nitrogens with one attached hydrogen (secondary N) is 1. The van der Waals surface area contributed by atoms with Crippen molar-refractivity contribution in [2.45, 2.75) is 13.0 Å². The average Bonchev–Trinajstić information content (AvgIpc) is 2.76. The van der Waals surface area contributed by atoms with Gasteiger partial charge in [-0.25, -0.2) is 9.59 Å². The Morgan fingerprint density at radius 2 is 2.25 bits per heavy atom. The molecule has 0 fully saturated rings. The highest BCUT2D eigenvalue weighted by atomic mass is 16.5. The summed E-state index contributed by atoms with van der Waals surface area (Å²) in [6, 6.07) is -0.175. The smallest absolute Gasteiger partial charge is 0.356 e. The Morgan fingerprint density at radius 1 is 1.50 bits per heavy atom. The number of fused-ring (bicyclic) bond motifs is 1. The number of hydrogen-bond acceptors (Lipinski definition) is 4. The topological polar surface area (TPSA) is 96.7 Å². The second kappa shape index (κ2) is 5.91. The lowest BCUT2D eigenvalue weighted by Crippen LogP contribution is -2.44. The molecular formula is C12H18N4O4. The highest BCUT2D eigenvalue weighted by Crippen LogP contribution is 2.21. The van der Waals surface area contributed by atoms with Crippen molar-refractivity contribution < 1.29 is 19.4 Å². The molecule has 0 unspecified atom stereocenters. The number of aromatic carboxylic acids is 1. The van der Waals surface area contributed by atoms with Crippen molar-refractivity contribution in [1.29, 1.82) is 0 Å². The molecule has 0 atom stereocenters. The van der Waals surface area contributed by atoms with Crippen molar-refractivity contribution in [2.24, 2.45) is 7.05 Å². The van der Waals surface area contributed by atoms with Gasteiger partial charge in [0.2, 0.25) is 0 Å². The lowest BCUT2D eigenvalue weighted by atomic mass is 10.0. The van der Waals surface area contributed by atoms with Crippen LogP contribution in [0.15, 0.2) is 0 Å². The zero-order valence-electron chi connectivity index (χ0n) is 11.5. The molecule has 0 aromatic carbocycles. The molecule has 2 amide bonds. The van der Waals surface area contributed by atoms with E-state index in [-0.39, 0.29) is 11.7 Å². The van der Waals surface area contributed by atoms with Crippen molar-refractivity contribution >= 4 is 12.0 Å². The Hall–Kier alpha value is -2.09. The predicted molar refractivity (Wildman–Crippen MR) is 69.6 cm³/mol. The fourth-order valence-electron chi connectivity index (χ4n) is 2.29. The summed E-state index contributed by atoms with van der Waals surface area (Å²) in [5.41, 5.74) is 1.58. The third kappa shape index (κ3) is 2.74. The minimum Gasteiger partial charge on any atom is -0.476 e. The summed E-state index contributed by atoms with van der Waals surface area (Å²) < 4.78 is 6.41. The first-order valence-electron chi connectivity index (χ1n) is 6.34. The number of carbonyl (C=O) groups excluding carboxylic acids is 1. The molecule has 1 aliphatic rings. The molecule has 1 aromatic rings. The van der Waals surface area contributed by atoms with Crippen LogP contribution in [0, 0.1) is 0 Å². The molecule has 0 radical (unpaired) electrons. The lowest BCUT2D eigenvalue weighted by molar-refractivity contribution is 0.0688. The van der Waals surface area contributed by atoms with E-state index in [4.69, 9.17) is 9.84 Å². The molecule has 0 saturated carbocycles. The molecular weight excluding hydrogens is 264 g/mol. The van der Waals surface area contributed by atoms with E-state index in [1.54, 1.807) is 19.1 Å². The molecule has 2 rings (SSSR count). The molecule has 2 N–H and O–H groups in total.